The monoisotopic (exact) mass is 830 g/mol. The molecule has 0 fully saturated rings. The predicted molar refractivity (Wildman–Crippen MR) is 249 cm³/mol. The normalized spacial score (nSPS) is 12.2. The highest BCUT2D eigenvalue weighted by molar-refractivity contribution is 6.09. The van der Waals surface area contributed by atoms with Crippen molar-refractivity contribution in [2.75, 3.05) is 22.1 Å². The summed E-state index contributed by atoms with van der Waals surface area (Å²) in [7, 11) is 0. The highest BCUT2D eigenvalue weighted by atomic mass is 16.2. The van der Waals surface area contributed by atoms with Crippen molar-refractivity contribution in [3.05, 3.63) is 119 Å². The Labute approximate surface area is 360 Å². The third-order valence-corrected chi connectivity index (χ3v) is 12.6. The fourth-order valence-electron chi connectivity index (χ4n) is 8.21. The maximum Gasteiger partial charge on any atom is 0.224 e. The lowest BCUT2D eigenvalue weighted by Crippen LogP contribution is -2.38. The van der Waals surface area contributed by atoms with Crippen LogP contribution in [0.1, 0.15) is 74.4 Å². The Morgan fingerprint density at radius 2 is 0.903 bits per heavy atom. The summed E-state index contributed by atoms with van der Waals surface area (Å²) in [4.78, 5) is 46.4. The fourth-order valence-corrected chi connectivity index (χ4v) is 8.21. The molecule has 0 atom stereocenters. The molecule has 0 saturated heterocycles. The van der Waals surface area contributed by atoms with E-state index in [-0.39, 0.29) is 24.7 Å². The van der Waals surface area contributed by atoms with Crippen LogP contribution in [0.2, 0.25) is 0 Å². The molecule has 14 heteroatoms. The number of imidazole rings is 2. The van der Waals surface area contributed by atoms with Crippen LogP contribution in [0, 0.1) is 24.7 Å². The van der Waals surface area contributed by atoms with Crippen LogP contribution in [-0.2, 0) is 35.8 Å². The lowest BCUT2D eigenvalue weighted by atomic mass is 9.64. The van der Waals surface area contributed by atoms with Crippen molar-refractivity contribution in [3.63, 3.8) is 0 Å². The number of rotatable bonds is 13. The molecule has 4 heterocycles. The largest absolute Gasteiger partial charge is 0.382 e. The van der Waals surface area contributed by atoms with Gasteiger partial charge in [-0.1, -0.05) is 76.2 Å². The zero-order valence-electron chi connectivity index (χ0n) is 36.1. The van der Waals surface area contributed by atoms with Gasteiger partial charge in [0, 0.05) is 61.2 Å². The number of aromatic nitrogens is 6. The first-order valence-corrected chi connectivity index (χ1v) is 20.8. The molecule has 4 aromatic carbocycles. The number of hydrogen-bond donors (Lipinski definition) is 6. The van der Waals surface area contributed by atoms with Gasteiger partial charge in [0.25, 0.3) is 0 Å². The standard InChI is InChI=1S/C48H54N12O2/c1-27-53-41-43(59(27)25-31-11-7-29(23-49)8-12-31)35-19-33(15-17-37(35)57-45(41)51)55-39(61)21-47(3,4)48(5,6)22-40(62)56-34-16-18-38-36(20-34)44-42(46(52)58-38)54-28(2)60(44)26-32-13-9-30(24-50)10-14-32/h7-20H,21-26,49-50H2,1-6H3,(H2,51,57)(H2,52,58)(H,55,61)(H,56,62). The van der Waals surface area contributed by atoms with Crippen LogP contribution < -0.4 is 33.6 Å². The Balaban J connectivity index is 0.984. The Morgan fingerprint density at radius 1 is 0.548 bits per heavy atom. The molecule has 0 radical (unpaired) electrons. The number of fused-ring (bicyclic) bond motifs is 6. The highest BCUT2D eigenvalue weighted by Gasteiger charge is 2.40. The molecule has 0 aliphatic rings. The molecule has 0 saturated carbocycles. The van der Waals surface area contributed by atoms with Gasteiger partial charge in [0.2, 0.25) is 11.8 Å². The van der Waals surface area contributed by atoms with E-state index in [0.29, 0.717) is 71.3 Å². The predicted octanol–water partition coefficient (Wildman–Crippen LogP) is 7.69. The van der Waals surface area contributed by atoms with Gasteiger partial charge in [-0.25, -0.2) is 19.9 Å². The molecule has 0 unspecified atom stereocenters. The van der Waals surface area contributed by atoms with Crippen LogP contribution in [0.25, 0.3) is 43.9 Å². The third kappa shape index (κ3) is 8.02. The molecule has 4 aromatic heterocycles. The SMILES string of the molecule is Cc1nc2c(N)nc3ccc(NC(=O)CC(C)(C)C(C)(C)CC(=O)Nc4ccc5nc(N)c6nc(C)n(Cc7ccc(CN)cc7)c6c5c4)cc3c2n1Cc1ccc(CN)cc1. The van der Waals surface area contributed by atoms with Crippen LogP contribution in [0.4, 0.5) is 23.0 Å². The zero-order chi connectivity index (χ0) is 44.1. The number of hydrogen-bond acceptors (Lipinski definition) is 10. The van der Waals surface area contributed by atoms with Crippen molar-refractivity contribution in [3.8, 4) is 0 Å². The molecule has 8 aromatic rings. The average molecular weight is 831 g/mol. The van der Waals surface area contributed by atoms with Crippen LogP contribution >= 0.6 is 0 Å². The van der Waals surface area contributed by atoms with Gasteiger partial charge in [0.15, 0.2) is 11.6 Å². The summed E-state index contributed by atoms with van der Waals surface area (Å²) < 4.78 is 4.25. The summed E-state index contributed by atoms with van der Waals surface area (Å²) in [5.41, 5.74) is 33.2. The number of nitrogen functional groups attached to an aromatic ring is 2. The number of nitrogens with two attached hydrogens (primary N) is 4. The van der Waals surface area contributed by atoms with E-state index in [1.807, 2.05) is 102 Å². The Morgan fingerprint density at radius 3 is 1.26 bits per heavy atom. The first kappa shape index (κ1) is 41.8. The third-order valence-electron chi connectivity index (χ3n) is 12.6. The van der Waals surface area contributed by atoms with Crippen molar-refractivity contribution in [1.29, 1.82) is 0 Å². The Bertz CT molecular complexity index is 2810. The lowest BCUT2D eigenvalue weighted by molar-refractivity contribution is -0.124. The van der Waals surface area contributed by atoms with Crippen LogP contribution in [0.15, 0.2) is 84.9 Å². The number of amides is 2. The summed E-state index contributed by atoms with van der Waals surface area (Å²) in [6, 6.07) is 27.6. The molecule has 2 amide bonds. The molecule has 318 valence electrons. The Hall–Kier alpha value is -6.90. The fraction of sp³-hybridized carbons (Fsp3) is 0.292. The van der Waals surface area contributed by atoms with E-state index in [4.69, 9.17) is 32.9 Å². The second kappa shape index (κ2) is 16.2. The topological polar surface area (TPSA) is 224 Å². The number of nitrogens with zero attached hydrogens (tertiary/aromatic N) is 6. The smallest absolute Gasteiger partial charge is 0.224 e. The maximum atomic E-state index is 13.8. The van der Waals surface area contributed by atoms with E-state index < -0.39 is 10.8 Å². The molecule has 0 aliphatic carbocycles. The van der Waals surface area contributed by atoms with Crippen LogP contribution in [0.3, 0.4) is 0 Å². The Kier molecular flexibility index (Phi) is 10.9. The molecule has 0 aliphatic heterocycles. The number of carbonyl (C=O) groups excluding carboxylic acids is 2. The van der Waals surface area contributed by atoms with E-state index in [1.54, 1.807) is 0 Å². The van der Waals surface area contributed by atoms with Crippen molar-refractivity contribution >= 4 is 78.7 Å². The molecule has 10 N–H and O–H groups in total. The molecular weight excluding hydrogens is 777 g/mol. The van der Waals surface area contributed by atoms with Crippen molar-refractivity contribution in [2.45, 2.75) is 80.6 Å². The highest BCUT2D eigenvalue weighted by Crippen LogP contribution is 2.44. The van der Waals surface area contributed by atoms with Crippen LogP contribution in [0.5, 0.6) is 0 Å². The van der Waals surface area contributed by atoms with Gasteiger partial charge in [0.1, 0.15) is 22.7 Å². The second-order valence-corrected chi connectivity index (χ2v) is 17.6. The summed E-state index contributed by atoms with van der Waals surface area (Å²) in [6.45, 7) is 14.1. The number of benzene rings is 4. The summed E-state index contributed by atoms with van der Waals surface area (Å²) >= 11 is 0. The van der Waals surface area contributed by atoms with Gasteiger partial charge in [-0.2, -0.15) is 0 Å². The summed E-state index contributed by atoms with van der Waals surface area (Å²) in [5.74, 6) is 1.96. The van der Waals surface area contributed by atoms with E-state index in [1.165, 1.54) is 0 Å². The number of anilines is 4. The van der Waals surface area contributed by atoms with Gasteiger partial charge in [0.05, 0.1) is 22.1 Å². The first-order chi connectivity index (χ1) is 29.5. The van der Waals surface area contributed by atoms with Gasteiger partial charge in [-0.15, -0.1) is 0 Å². The molecule has 0 spiro atoms. The number of aryl methyl sites for hydroxylation is 2. The lowest BCUT2D eigenvalue weighted by Gasteiger charge is -2.41. The van der Waals surface area contributed by atoms with E-state index in [9.17, 15) is 9.59 Å². The molecule has 14 nitrogen and oxygen atoms in total. The maximum absolute atomic E-state index is 13.8. The minimum absolute atomic E-state index is 0.167. The van der Waals surface area contributed by atoms with E-state index >= 15 is 0 Å². The van der Waals surface area contributed by atoms with Crippen molar-refractivity contribution in [2.24, 2.45) is 22.3 Å². The zero-order valence-corrected chi connectivity index (χ0v) is 36.1. The van der Waals surface area contributed by atoms with Crippen LogP contribution in [-0.4, -0.2) is 40.9 Å². The van der Waals surface area contributed by atoms with Gasteiger partial charge in [-0.3, -0.25) is 9.59 Å². The van der Waals surface area contributed by atoms with Gasteiger partial charge >= 0.3 is 0 Å². The average Bonchev–Trinajstić information content (AvgIpc) is 3.74. The van der Waals surface area contributed by atoms with E-state index in [0.717, 1.165) is 55.7 Å². The molecule has 0 bridgehead atoms. The van der Waals surface area contributed by atoms with Crippen molar-refractivity contribution in [1.82, 2.24) is 29.1 Å². The number of nitrogens with one attached hydrogen (secondary N) is 2. The van der Waals surface area contributed by atoms with Gasteiger partial charge in [-0.05, 0) is 83.3 Å². The minimum atomic E-state index is -0.576. The van der Waals surface area contributed by atoms with Crippen molar-refractivity contribution < 1.29 is 9.59 Å². The quantitative estimate of drug-likeness (QED) is 0.0665. The molecule has 62 heavy (non-hydrogen) atoms. The molecular formula is C48H54N12O2. The summed E-state index contributed by atoms with van der Waals surface area (Å²) in [5, 5.41) is 7.89. The second-order valence-electron chi connectivity index (χ2n) is 17.6. The van der Waals surface area contributed by atoms with E-state index in [2.05, 4.69) is 54.0 Å². The van der Waals surface area contributed by atoms with Gasteiger partial charge < -0.3 is 42.7 Å². The number of carbonyl (C=O) groups is 2. The molecule has 8 rings (SSSR count). The first-order valence-electron chi connectivity index (χ1n) is 20.8. The number of pyridine rings is 2. The summed E-state index contributed by atoms with van der Waals surface area (Å²) in [6.07, 6.45) is 0.353. The minimum Gasteiger partial charge on any atom is -0.382 e.